The molecule has 1 aromatic carbocycles. The van der Waals surface area contributed by atoms with E-state index >= 15 is 0 Å². The molecule has 0 spiro atoms. The maximum Gasteiger partial charge on any atom is 0.277 e. The second kappa shape index (κ2) is 6.47. The minimum atomic E-state index is -0.277. The lowest BCUT2D eigenvalue weighted by molar-refractivity contribution is 0.101. The Hall–Kier alpha value is -2.25. The summed E-state index contributed by atoms with van der Waals surface area (Å²) in [6.45, 7) is 1.93. The number of benzene rings is 1. The first-order chi connectivity index (χ1) is 11.0. The summed E-state index contributed by atoms with van der Waals surface area (Å²) in [6, 6.07) is 7.72. The molecule has 8 heteroatoms. The van der Waals surface area contributed by atoms with Crippen LogP contribution in [-0.2, 0) is 13.5 Å². The first kappa shape index (κ1) is 15.6. The fourth-order valence-electron chi connectivity index (χ4n) is 2.13. The van der Waals surface area contributed by atoms with Gasteiger partial charge in [0, 0.05) is 23.4 Å². The number of carbonyl (C=O) groups is 1. The van der Waals surface area contributed by atoms with Crippen molar-refractivity contribution in [2.45, 2.75) is 13.3 Å². The summed E-state index contributed by atoms with van der Waals surface area (Å²) in [5.41, 5.74) is 2.39. The second-order valence-corrected chi connectivity index (χ2v) is 6.55. The number of halogens is 1. The summed E-state index contributed by atoms with van der Waals surface area (Å²) in [5, 5.41) is 11.5. The Morgan fingerprint density at radius 3 is 2.96 bits per heavy atom. The van der Waals surface area contributed by atoms with E-state index in [-0.39, 0.29) is 5.91 Å². The molecule has 2 heterocycles. The molecule has 0 aliphatic carbocycles. The lowest BCUT2D eigenvalue weighted by atomic mass is 10.1. The third-order valence-electron chi connectivity index (χ3n) is 3.31. The minimum Gasteiger partial charge on any atom is -0.296 e. The molecule has 3 aromatic rings. The van der Waals surface area contributed by atoms with Crippen molar-refractivity contribution in [3.8, 4) is 0 Å². The Morgan fingerprint density at radius 1 is 1.43 bits per heavy atom. The largest absolute Gasteiger partial charge is 0.296 e. The van der Waals surface area contributed by atoms with Gasteiger partial charge in [-0.15, -0.1) is 16.4 Å². The number of carbonyl (C=O) groups excluding carboxylic acids is 1. The molecule has 118 valence electrons. The topological polar surface area (TPSA) is 72.7 Å². The fraction of sp³-hybridized carbons (Fsp3) is 0.200. The normalized spacial score (nSPS) is 10.7. The Kier molecular flexibility index (Phi) is 4.40. The number of thiazole rings is 1. The molecule has 3 rings (SSSR count). The molecular weight excluding hydrogens is 334 g/mol. The van der Waals surface area contributed by atoms with E-state index in [4.69, 9.17) is 11.6 Å². The summed E-state index contributed by atoms with van der Waals surface area (Å²) in [7, 11) is 1.67. The second-order valence-electron chi connectivity index (χ2n) is 5.03. The number of anilines is 1. The van der Waals surface area contributed by atoms with Crippen LogP contribution in [0.25, 0.3) is 0 Å². The van der Waals surface area contributed by atoms with Crippen molar-refractivity contribution in [2.75, 3.05) is 5.32 Å². The highest BCUT2D eigenvalue weighted by Crippen LogP contribution is 2.26. The van der Waals surface area contributed by atoms with Crippen LogP contribution in [0.3, 0.4) is 0 Å². The molecule has 1 amide bonds. The molecular formula is C15H14ClN5OS. The van der Waals surface area contributed by atoms with E-state index in [1.165, 1.54) is 22.2 Å². The van der Waals surface area contributed by atoms with Gasteiger partial charge in [0.15, 0.2) is 5.13 Å². The molecule has 23 heavy (non-hydrogen) atoms. The molecule has 0 atom stereocenters. The van der Waals surface area contributed by atoms with Crippen LogP contribution in [0.15, 0.2) is 30.5 Å². The van der Waals surface area contributed by atoms with Crippen LogP contribution >= 0.6 is 22.9 Å². The zero-order valence-electron chi connectivity index (χ0n) is 12.6. The molecule has 0 fully saturated rings. The molecule has 1 N–H and O–H groups in total. The van der Waals surface area contributed by atoms with Gasteiger partial charge in [0.25, 0.3) is 5.91 Å². The van der Waals surface area contributed by atoms with Crippen LogP contribution in [0.1, 0.15) is 26.6 Å². The number of nitrogens with one attached hydrogen (secondary N) is 1. The van der Waals surface area contributed by atoms with Crippen molar-refractivity contribution in [1.82, 2.24) is 20.0 Å². The standard InChI is InChI=1S/C15H14ClN5OS/c1-9-13(7-10-4-3-5-11(16)6-10)23-15(18-9)19-14(22)12-8-17-20-21(12)2/h3-6,8H,7H2,1-2H3,(H,18,19,22). The van der Waals surface area contributed by atoms with Crippen molar-refractivity contribution >= 4 is 34.0 Å². The Labute approximate surface area is 142 Å². The molecule has 0 saturated heterocycles. The van der Waals surface area contributed by atoms with Gasteiger partial charge in [-0.1, -0.05) is 28.9 Å². The lowest BCUT2D eigenvalue weighted by Crippen LogP contribution is -2.15. The average molecular weight is 348 g/mol. The van der Waals surface area contributed by atoms with E-state index in [2.05, 4.69) is 20.6 Å². The van der Waals surface area contributed by atoms with Crippen LogP contribution < -0.4 is 5.32 Å². The predicted octanol–water partition coefficient (Wildman–Crippen LogP) is 3.08. The molecule has 0 unspecified atom stereocenters. The summed E-state index contributed by atoms with van der Waals surface area (Å²) in [5.74, 6) is -0.277. The molecule has 0 aliphatic rings. The van der Waals surface area contributed by atoms with E-state index in [0.717, 1.165) is 22.6 Å². The third kappa shape index (κ3) is 3.57. The Balaban J connectivity index is 1.76. The smallest absolute Gasteiger partial charge is 0.277 e. The maximum atomic E-state index is 12.2. The van der Waals surface area contributed by atoms with Crippen molar-refractivity contribution in [3.63, 3.8) is 0 Å². The van der Waals surface area contributed by atoms with Crippen molar-refractivity contribution in [2.24, 2.45) is 7.05 Å². The van der Waals surface area contributed by atoms with Gasteiger partial charge >= 0.3 is 0 Å². The summed E-state index contributed by atoms with van der Waals surface area (Å²) < 4.78 is 1.42. The van der Waals surface area contributed by atoms with Crippen LogP contribution in [0.5, 0.6) is 0 Å². The van der Waals surface area contributed by atoms with Gasteiger partial charge in [-0.3, -0.25) is 10.1 Å². The zero-order valence-corrected chi connectivity index (χ0v) is 14.1. The highest BCUT2D eigenvalue weighted by Gasteiger charge is 2.15. The number of aromatic nitrogens is 4. The van der Waals surface area contributed by atoms with E-state index in [1.54, 1.807) is 7.05 Å². The van der Waals surface area contributed by atoms with E-state index in [1.807, 2.05) is 31.2 Å². The monoisotopic (exact) mass is 347 g/mol. The van der Waals surface area contributed by atoms with Crippen LogP contribution in [0.2, 0.25) is 5.02 Å². The maximum absolute atomic E-state index is 12.2. The van der Waals surface area contributed by atoms with Crippen LogP contribution in [0, 0.1) is 6.92 Å². The molecule has 0 aliphatic heterocycles. The Bertz CT molecular complexity index is 857. The molecule has 6 nitrogen and oxygen atoms in total. The van der Waals surface area contributed by atoms with Gasteiger partial charge in [0.2, 0.25) is 0 Å². The third-order valence-corrected chi connectivity index (χ3v) is 4.62. The van der Waals surface area contributed by atoms with E-state index < -0.39 is 0 Å². The summed E-state index contributed by atoms with van der Waals surface area (Å²) >= 11 is 7.47. The van der Waals surface area contributed by atoms with Gasteiger partial charge < -0.3 is 0 Å². The number of rotatable bonds is 4. The average Bonchev–Trinajstić information content (AvgIpc) is 3.05. The number of amides is 1. The first-order valence-corrected chi connectivity index (χ1v) is 8.09. The Morgan fingerprint density at radius 2 is 2.26 bits per heavy atom. The first-order valence-electron chi connectivity index (χ1n) is 6.89. The van der Waals surface area contributed by atoms with Gasteiger partial charge in [0.05, 0.1) is 11.9 Å². The lowest BCUT2D eigenvalue weighted by Gasteiger charge is -2.00. The number of nitrogens with zero attached hydrogens (tertiary/aromatic N) is 4. The van der Waals surface area contributed by atoms with Crippen molar-refractivity contribution in [3.05, 3.63) is 57.3 Å². The quantitative estimate of drug-likeness (QED) is 0.787. The predicted molar refractivity (Wildman–Crippen MR) is 90.1 cm³/mol. The van der Waals surface area contributed by atoms with Crippen molar-refractivity contribution < 1.29 is 4.79 Å². The molecule has 0 radical (unpaired) electrons. The zero-order chi connectivity index (χ0) is 16.4. The number of hydrogen-bond donors (Lipinski definition) is 1. The van der Waals surface area contributed by atoms with Gasteiger partial charge in [-0.05, 0) is 24.6 Å². The van der Waals surface area contributed by atoms with Crippen LogP contribution in [0.4, 0.5) is 5.13 Å². The number of hydrogen-bond acceptors (Lipinski definition) is 5. The van der Waals surface area contributed by atoms with Gasteiger partial charge in [-0.25, -0.2) is 9.67 Å². The highest BCUT2D eigenvalue weighted by molar-refractivity contribution is 7.15. The van der Waals surface area contributed by atoms with E-state index in [0.29, 0.717) is 15.8 Å². The molecule has 2 aromatic heterocycles. The van der Waals surface area contributed by atoms with E-state index in [9.17, 15) is 4.79 Å². The number of aryl methyl sites for hydroxylation is 2. The highest BCUT2D eigenvalue weighted by atomic mass is 35.5. The molecule has 0 bridgehead atoms. The van der Waals surface area contributed by atoms with Gasteiger partial charge in [0.1, 0.15) is 5.69 Å². The van der Waals surface area contributed by atoms with Crippen LogP contribution in [-0.4, -0.2) is 25.9 Å². The summed E-state index contributed by atoms with van der Waals surface area (Å²) in [6.07, 6.45) is 2.15. The van der Waals surface area contributed by atoms with Gasteiger partial charge in [-0.2, -0.15) is 0 Å². The van der Waals surface area contributed by atoms with Crippen molar-refractivity contribution in [1.29, 1.82) is 0 Å². The fourth-order valence-corrected chi connectivity index (χ4v) is 3.34. The minimum absolute atomic E-state index is 0.277. The molecule has 0 saturated carbocycles. The summed E-state index contributed by atoms with van der Waals surface area (Å²) in [4.78, 5) is 17.7. The SMILES string of the molecule is Cc1nc(NC(=O)c2cnnn2C)sc1Cc1cccc(Cl)c1.